The first-order valence-corrected chi connectivity index (χ1v) is 22.4. The number of aliphatic hydroxyl groups is 4. The summed E-state index contributed by atoms with van der Waals surface area (Å²) in [4.78, 5) is 26.2. The molecule has 3 heterocycles. The van der Waals surface area contributed by atoms with Gasteiger partial charge in [0.2, 0.25) is 0 Å². The van der Waals surface area contributed by atoms with Gasteiger partial charge in [-0.05, 0) is 85.0 Å². The van der Waals surface area contributed by atoms with Crippen molar-refractivity contribution in [3.63, 3.8) is 0 Å². The largest absolute Gasteiger partial charge is 0.456 e. The number of cyclic esters (lactones) is 1. The molecular formula is C46H73IO12. The molecule has 3 rings (SSSR count). The summed E-state index contributed by atoms with van der Waals surface area (Å²) in [5, 5.41) is 44.4. The Hall–Kier alpha value is -1.79. The van der Waals surface area contributed by atoms with E-state index in [1.54, 1.807) is 25.2 Å². The van der Waals surface area contributed by atoms with Crippen LogP contribution in [0, 0.1) is 17.3 Å². The average Bonchev–Trinajstić information content (AvgIpc) is 3.15. The molecule has 1 unspecified atom stereocenters. The molecule has 0 aliphatic carbocycles. The number of methoxy groups -OCH3 is 1. The second kappa shape index (κ2) is 23.1. The lowest BCUT2D eigenvalue weighted by Crippen LogP contribution is -2.58. The maximum atomic E-state index is 13.7. The van der Waals surface area contributed by atoms with E-state index in [4.69, 9.17) is 28.4 Å². The highest BCUT2D eigenvalue weighted by atomic mass is 127. The first kappa shape index (κ1) is 51.6. The third kappa shape index (κ3) is 14.4. The molecule has 2 saturated heterocycles. The zero-order valence-electron chi connectivity index (χ0n) is 37.4. The van der Waals surface area contributed by atoms with Gasteiger partial charge < -0.3 is 48.8 Å². The minimum absolute atomic E-state index is 0.0604. The van der Waals surface area contributed by atoms with Gasteiger partial charge in [0, 0.05) is 47.5 Å². The van der Waals surface area contributed by atoms with E-state index in [-0.39, 0.29) is 52.7 Å². The smallest absolute Gasteiger partial charge is 0.336 e. The van der Waals surface area contributed by atoms with Crippen LogP contribution in [0.5, 0.6) is 0 Å². The lowest BCUT2D eigenvalue weighted by molar-refractivity contribution is -0.295. The first-order valence-electron chi connectivity index (χ1n) is 21.2. The van der Waals surface area contributed by atoms with Gasteiger partial charge in [0.25, 0.3) is 0 Å². The number of rotatable bonds is 12. The number of hydrogen-bond acceptors (Lipinski definition) is 12. The second-order valence-electron chi connectivity index (χ2n) is 17.8. The topological polar surface area (TPSA) is 170 Å². The molecule has 0 aromatic rings. The number of halogens is 1. The van der Waals surface area contributed by atoms with Crippen LogP contribution in [0.4, 0.5) is 0 Å². The van der Waals surface area contributed by atoms with E-state index in [0.29, 0.717) is 25.7 Å². The summed E-state index contributed by atoms with van der Waals surface area (Å²) in [5.74, 6) is -0.659. The van der Waals surface area contributed by atoms with Crippen LogP contribution in [0.15, 0.2) is 58.7 Å². The van der Waals surface area contributed by atoms with Gasteiger partial charge in [-0.3, -0.25) is 4.79 Å². The monoisotopic (exact) mass is 944 g/mol. The summed E-state index contributed by atoms with van der Waals surface area (Å²) in [5.41, 5.74) is 1.19. The fourth-order valence-electron chi connectivity index (χ4n) is 8.02. The number of ketones is 1. The molecule has 2 fully saturated rings. The standard InChI is InChI=1S/C46H73IO12/c1-13-46(11)24-29(6)35(50)17-15-14-16-32(25-55-44-40(54-12)36(51)23-30(7)56-44)42(53)57-37(31(8)48)21-18-27(4)22-28(5)41(46)58-43-39(52)38(47)33(45(9,10)59-43)19-20-34(49)26(2)3/h14-16,18,22,24,26,30-31,33,35-41,43-44,48,50-52H,13,17,19-21,23,25H2,1-12H3/b15-14+,27-18+,28-22+,29-24+,32-16+/t30-,31-,33+,35+,36+,37+,38+,39+,40+,41+,43-,44-,46?/m1/s1. The normalized spacial score (nSPS) is 40.1. The van der Waals surface area contributed by atoms with Crippen molar-refractivity contribution in [2.75, 3.05) is 13.7 Å². The third-order valence-corrected chi connectivity index (χ3v) is 13.6. The van der Waals surface area contributed by atoms with Crippen LogP contribution >= 0.6 is 22.6 Å². The van der Waals surface area contributed by atoms with Gasteiger partial charge in [-0.25, -0.2) is 4.79 Å². The molecular weight excluding hydrogens is 871 g/mol. The van der Waals surface area contributed by atoms with Gasteiger partial charge in [0.1, 0.15) is 24.1 Å². The molecule has 12 nitrogen and oxygen atoms in total. The van der Waals surface area contributed by atoms with Crippen molar-refractivity contribution in [2.45, 2.75) is 186 Å². The fraction of sp³-hybridized carbons (Fsp3) is 0.739. The van der Waals surface area contributed by atoms with Crippen molar-refractivity contribution in [3.8, 4) is 0 Å². The molecule has 0 spiro atoms. The van der Waals surface area contributed by atoms with Crippen LogP contribution in [0.2, 0.25) is 0 Å². The Bertz CT molecular complexity index is 1550. The summed E-state index contributed by atoms with van der Waals surface area (Å²) >= 11 is 2.28. The van der Waals surface area contributed by atoms with Gasteiger partial charge in [-0.15, -0.1) is 0 Å². The summed E-state index contributed by atoms with van der Waals surface area (Å²) in [6.45, 7) is 20.8. The van der Waals surface area contributed by atoms with Crippen molar-refractivity contribution in [1.29, 1.82) is 0 Å². The van der Waals surface area contributed by atoms with E-state index in [2.05, 4.69) is 36.4 Å². The van der Waals surface area contributed by atoms with E-state index in [1.165, 1.54) is 7.11 Å². The molecule has 0 saturated carbocycles. The Morgan fingerprint density at radius 1 is 1.05 bits per heavy atom. The Kier molecular flexibility index (Phi) is 20.1. The molecule has 4 N–H and O–H groups in total. The maximum absolute atomic E-state index is 13.7. The summed E-state index contributed by atoms with van der Waals surface area (Å²) in [6, 6.07) is 0. The highest BCUT2D eigenvalue weighted by Crippen LogP contribution is 2.44. The number of carbonyl (C=O) groups is 2. The van der Waals surface area contributed by atoms with Gasteiger partial charge in [-0.1, -0.05) is 86.2 Å². The Labute approximate surface area is 366 Å². The number of aliphatic hydroxyl groups excluding tert-OH is 4. The number of Topliss-reactive ketones (excluding diaryl/α,β-unsaturated/α-hetero) is 1. The number of alkyl halides is 1. The predicted molar refractivity (Wildman–Crippen MR) is 236 cm³/mol. The van der Waals surface area contributed by atoms with Crippen molar-refractivity contribution >= 4 is 34.3 Å². The molecule has 3 aliphatic rings. The molecule has 13 heteroatoms. The lowest BCUT2D eigenvalue weighted by Gasteiger charge is -2.50. The van der Waals surface area contributed by atoms with Crippen LogP contribution in [0.25, 0.3) is 0 Å². The van der Waals surface area contributed by atoms with Gasteiger partial charge in [0.05, 0.1) is 48.3 Å². The maximum Gasteiger partial charge on any atom is 0.336 e. The molecule has 3 aliphatic heterocycles. The van der Waals surface area contributed by atoms with Crippen LogP contribution in [0.3, 0.4) is 0 Å². The summed E-state index contributed by atoms with van der Waals surface area (Å²) < 4.78 is 36.5. The average molecular weight is 945 g/mol. The second-order valence-corrected chi connectivity index (χ2v) is 19.3. The van der Waals surface area contributed by atoms with E-state index in [9.17, 15) is 30.0 Å². The number of esters is 1. The van der Waals surface area contributed by atoms with Crippen LogP contribution in [-0.4, -0.2) is 117 Å². The molecule has 0 bridgehead atoms. The minimum atomic E-state index is -1.00. The molecule has 13 atom stereocenters. The third-order valence-electron chi connectivity index (χ3n) is 12.0. The zero-order valence-corrected chi connectivity index (χ0v) is 39.5. The number of allylic oxidation sites excluding steroid dienone is 4. The number of hydrogen-bond donors (Lipinski definition) is 4. The van der Waals surface area contributed by atoms with Crippen molar-refractivity contribution in [1.82, 2.24) is 0 Å². The summed E-state index contributed by atoms with van der Waals surface area (Å²) in [7, 11) is 1.46. The Morgan fingerprint density at radius 3 is 2.34 bits per heavy atom. The SMILES string of the molecule is CCC1(C)/C=C(\C)[C@@H](O)C/C=C/C=C(\CO[C@@H]2O[C@H](C)C[C@H](O)[C@@H]2OC)C(=O)O[C@H]([C@@H](C)O)C/C=C(C)/C=C(\C)[C@@H]1O[C@@H]1OC(C)(C)[C@@H](CCC(=O)C(C)C)[C@H](I)[C@@H]1O. The quantitative estimate of drug-likeness (QED) is 0.0685. The number of ether oxygens (including phenoxy) is 6. The van der Waals surface area contributed by atoms with Gasteiger partial charge in [-0.2, -0.15) is 0 Å². The van der Waals surface area contributed by atoms with E-state index in [1.807, 2.05) is 73.6 Å². The molecule has 0 aromatic carbocycles. The first-order chi connectivity index (χ1) is 27.5. The van der Waals surface area contributed by atoms with Crippen LogP contribution in [0.1, 0.15) is 115 Å². The van der Waals surface area contributed by atoms with Gasteiger partial charge in [0.15, 0.2) is 12.6 Å². The van der Waals surface area contributed by atoms with Gasteiger partial charge >= 0.3 is 5.97 Å². The van der Waals surface area contributed by atoms with Crippen molar-refractivity contribution in [3.05, 3.63) is 58.7 Å². The predicted octanol–water partition coefficient (Wildman–Crippen LogP) is 7.01. The van der Waals surface area contributed by atoms with Crippen LogP contribution in [-0.2, 0) is 38.0 Å². The molecule has 0 aromatic heterocycles. The molecule has 0 radical (unpaired) electrons. The van der Waals surface area contributed by atoms with Crippen LogP contribution < -0.4 is 0 Å². The highest BCUT2D eigenvalue weighted by Gasteiger charge is 2.50. The summed E-state index contributed by atoms with van der Waals surface area (Å²) in [6.07, 6.45) is 5.23. The lowest BCUT2D eigenvalue weighted by atomic mass is 9.75. The number of carbonyl (C=O) groups excluding carboxylic acids is 2. The van der Waals surface area contributed by atoms with E-state index >= 15 is 0 Å². The highest BCUT2D eigenvalue weighted by molar-refractivity contribution is 14.1. The van der Waals surface area contributed by atoms with E-state index in [0.717, 1.165) is 16.7 Å². The molecule has 59 heavy (non-hydrogen) atoms. The molecule has 0 amide bonds. The fourth-order valence-corrected chi connectivity index (χ4v) is 9.59. The Morgan fingerprint density at radius 2 is 1.73 bits per heavy atom. The minimum Gasteiger partial charge on any atom is -0.456 e. The van der Waals surface area contributed by atoms with E-state index < -0.39 is 72.3 Å². The zero-order chi connectivity index (χ0) is 44.4. The van der Waals surface area contributed by atoms with Crippen molar-refractivity contribution < 1.29 is 58.4 Å². The Balaban J connectivity index is 2.00. The van der Waals surface area contributed by atoms with Crippen molar-refractivity contribution in [2.24, 2.45) is 17.3 Å². The molecule has 336 valence electrons.